The van der Waals surface area contributed by atoms with Gasteiger partial charge in [0.15, 0.2) is 0 Å². The van der Waals surface area contributed by atoms with E-state index in [-0.39, 0.29) is 0 Å². The molecule has 1 fully saturated rings. The average Bonchev–Trinajstić information content (AvgIpc) is 2.95. The molecular weight excluding hydrogens is 248 g/mol. The molecule has 0 bridgehead atoms. The minimum absolute atomic E-state index is 0.290. The molecule has 1 aliphatic heterocycles. The Morgan fingerprint density at radius 3 is 2.85 bits per heavy atom. The number of amides is 1. The number of nitrogens with zero attached hydrogens (tertiary/aromatic N) is 1. The normalized spacial score (nSPS) is 25.6. The number of fused-ring (bicyclic) bond motifs is 1. The lowest BCUT2D eigenvalue weighted by Gasteiger charge is -2.28. The number of aryl methyl sites for hydroxylation is 1. The number of likely N-dealkylation sites (tertiary alicyclic amines) is 1. The zero-order chi connectivity index (χ0) is 13.9. The Bertz CT molecular complexity index is 486. The van der Waals surface area contributed by atoms with Crippen molar-refractivity contribution in [2.24, 2.45) is 11.7 Å². The summed E-state index contributed by atoms with van der Waals surface area (Å²) in [6, 6.07) is 8.94. The van der Waals surface area contributed by atoms with Crippen LogP contribution in [0.2, 0.25) is 0 Å². The van der Waals surface area contributed by atoms with Gasteiger partial charge in [-0.15, -0.1) is 0 Å². The Morgan fingerprint density at radius 1 is 1.25 bits per heavy atom. The molecule has 0 aromatic heterocycles. The summed E-state index contributed by atoms with van der Waals surface area (Å²) in [7, 11) is 0. The summed E-state index contributed by atoms with van der Waals surface area (Å²) in [5, 5.41) is 0. The second-order valence-electron chi connectivity index (χ2n) is 6.20. The van der Waals surface area contributed by atoms with E-state index in [0.717, 1.165) is 38.6 Å². The van der Waals surface area contributed by atoms with Gasteiger partial charge in [-0.25, -0.2) is 0 Å². The summed E-state index contributed by atoms with van der Waals surface area (Å²) in [5.41, 5.74) is 8.67. The first-order chi connectivity index (χ1) is 9.78. The third kappa shape index (κ3) is 2.73. The van der Waals surface area contributed by atoms with E-state index in [2.05, 4.69) is 24.3 Å². The summed E-state index contributed by atoms with van der Waals surface area (Å²) in [6.45, 7) is 1.52. The predicted octanol–water partition coefficient (Wildman–Crippen LogP) is 2.13. The molecule has 0 radical (unpaired) electrons. The fourth-order valence-corrected chi connectivity index (χ4v) is 3.72. The van der Waals surface area contributed by atoms with Gasteiger partial charge < -0.3 is 10.6 Å². The van der Waals surface area contributed by atoms with E-state index in [1.54, 1.807) is 0 Å². The minimum atomic E-state index is 0.290. The van der Waals surface area contributed by atoms with Gasteiger partial charge >= 0.3 is 0 Å². The molecule has 20 heavy (non-hydrogen) atoms. The SMILES string of the molecule is NCC1CCCN1C(=O)CC1CCc2ccccc2C1. The van der Waals surface area contributed by atoms with Crippen molar-refractivity contribution in [1.29, 1.82) is 0 Å². The highest BCUT2D eigenvalue weighted by Crippen LogP contribution is 2.29. The van der Waals surface area contributed by atoms with Crippen LogP contribution in [0, 0.1) is 5.92 Å². The maximum absolute atomic E-state index is 12.5. The summed E-state index contributed by atoms with van der Waals surface area (Å²) in [4.78, 5) is 14.5. The Balaban J connectivity index is 1.60. The molecule has 3 rings (SSSR count). The highest BCUT2D eigenvalue weighted by molar-refractivity contribution is 5.77. The standard InChI is InChI=1S/C17H24N2O/c18-12-16-6-3-9-19(16)17(20)11-13-7-8-14-4-1-2-5-15(14)10-13/h1-2,4-5,13,16H,3,6-12,18H2. The van der Waals surface area contributed by atoms with Crippen LogP contribution in [0.4, 0.5) is 0 Å². The number of hydrogen-bond acceptors (Lipinski definition) is 2. The number of carbonyl (C=O) groups excluding carboxylic acids is 1. The fraction of sp³-hybridized carbons (Fsp3) is 0.588. The fourth-order valence-electron chi connectivity index (χ4n) is 3.72. The van der Waals surface area contributed by atoms with Gasteiger partial charge in [-0.1, -0.05) is 24.3 Å². The lowest BCUT2D eigenvalue weighted by atomic mass is 9.82. The Labute approximate surface area is 121 Å². The molecule has 1 heterocycles. The van der Waals surface area contributed by atoms with Crippen molar-refractivity contribution >= 4 is 5.91 Å². The molecule has 1 saturated heterocycles. The quantitative estimate of drug-likeness (QED) is 0.916. The Hall–Kier alpha value is -1.35. The third-order valence-corrected chi connectivity index (χ3v) is 4.88. The highest BCUT2D eigenvalue weighted by Gasteiger charge is 2.29. The lowest BCUT2D eigenvalue weighted by molar-refractivity contribution is -0.132. The van der Waals surface area contributed by atoms with Crippen molar-refractivity contribution in [3.05, 3.63) is 35.4 Å². The van der Waals surface area contributed by atoms with E-state index in [0.29, 0.717) is 30.8 Å². The monoisotopic (exact) mass is 272 g/mol. The van der Waals surface area contributed by atoms with E-state index >= 15 is 0 Å². The second-order valence-corrected chi connectivity index (χ2v) is 6.20. The number of rotatable bonds is 3. The van der Waals surface area contributed by atoms with Gasteiger partial charge in [-0.2, -0.15) is 0 Å². The number of hydrogen-bond donors (Lipinski definition) is 1. The van der Waals surface area contributed by atoms with Gasteiger partial charge in [0.1, 0.15) is 0 Å². The van der Waals surface area contributed by atoms with E-state index in [1.165, 1.54) is 11.1 Å². The molecule has 108 valence electrons. The van der Waals surface area contributed by atoms with E-state index in [4.69, 9.17) is 5.73 Å². The molecule has 1 amide bonds. The van der Waals surface area contributed by atoms with Crippen molar-refractivity contribution in [2.45, 2.75) is 44.6 Å². The second kappa shape index (κ2) is 5.96. The zero-order valence-electron chi connectivity index (χ0n) is 12.1. The van der Waals surface area contributed by atoms with E-state index in [1.807, 2.05) is 4.90 Å². The first kappa shape index (κ1) is 13.6. The maximum atomic E-state index is 12.5. The van der Waals surface area contributed by atoms with Crippen molar-refractivity contribution in [3.63, 3.8) is 0 Å². The van der Waals surface area contributed by atoms with Gasteiger partial charge in [0.05, 0.1) is 0 Å². The molecular formula is C17H24N2O. The first-order valence-corrected chi connectivity index (χ1v) is 7.84. The zero-order valence-corrected chi connectivity index (χ0v) is 12.1. The van der Waals surface area contributed by atoms with Gasteiger partial charge in [0.25, 0.3) is 0 Å². The summed E-state index contributed by atoms with van der Waals surface area (Å²) < 4.78 is 0. The van der Waals surface area contributed by atoms with Crippen LogP contribution < -0.4 is 5.73 Å². The van der Waals surface area contributed by atoms with Crippen molar-refractivity contribution in [3.8, 4) is 0 Å². The average molecular weight is 272 g/mol. The van der Waals surface area contributed by atoms with Crippen LogP contribution in [-0.4, -0.2) is 29.9 Å². The third-order valence-electron chi connectivity index (χ3n) is 4.88. The van der Waals surface area contributed by atoms with E-state index < -0.39 is 0 Å². The predicted molar refractivity (Wildman–Crippen MR) is 80.4 cm³/mol. The van der Waals surface area contributed by atoms with Crippen LogP contribution >= 0.6 is 0 Å². The van der Waals surface area contributed by atoms with Crippen molar-refractivity contribution in [1.82, 2.24) is 4.90 Å². The van der Waals surface area contributed by atoms with Crippen LogP contribution in [0.15, 0.2) is 24.3 Å². The minimum Gasteiger partial charge on any atom is -0.338 e. The molecule has 3 heteroatoms. The summed E-state index contributed by atoms with van der Waals surface area (Å²) >= 11 is 0. The van der Waals surface area contributed by atoms with Crippen LogP contribution in [-0.2, 0) is 17.6 Å². The molecule has 2 atom stereocenters. The van der Waals surface area contributed by atoms with Gasteiger partial charge in [-0.3, -0.25) is 4.79 Å². The Morgan fingerprint density at radius 2 is 2.05 bits per heavy atom. The van der Waals surface area contributed by atoms with Crippen LogP contribution in [0.3, 0.4) is 0 Å². The molecule has 0 saturated carbocycles. The molecule has 2 aliphatic rings. The van der Waals surface area contributed by atoms with Crippen LogP contribution in [0.1, 0.15) is 36.8 Å². The smallest absolute Gasteiger partial charge is 0.223 e. The highest BCUT2D eigenvalue weighted by atomic mass is 16.2. The Kier molecular flexibility index (Phi) is 4.06. The summed E-state index contributed by atoms with van der Waals surface area (Å²) in [5.74, 6) is 0.832. The topological polar surface area (TPSA) is 46.3 Å². The van der Waals surface area contributed by atoms with Crippen LogP contribution in [0.5, 0.6) is 0 Å². The molecule has 3 nitrogen and oxygen atoms in total. The maximum Gasteiger partial charge on any atom is 0.223 e. The largest absolute Gasteiger partial charge is 0.338 e. The molecule has 1 aliphatic carbocycles. The number of carbonyl (C=O) groups is 1. The number of benzene rings is 1. The first-order valence-electron chi connectivity index (χ1n) is 7.84. The van der Waals surface area contributed by atoms with Gasteiger partial charge in [0.2, 0.25) is 5.91 Å². The van der Waals surface area contributed by atoms with Gasteiger partial charge in [-0.05, 0) is 49.1 Å². The molecule has 2 N–H and O–H groups in total. The molecule has 0 spiro atoms. The van der Waals surface area contributed by atoms with E-state index in [9.17, 15) is 4.79 Å². The van der Waals surface area contributed by atoms with Gasteiger partial charge in [0, 0.05) is 25.6 Å². The number of nitrogens with two attached hydrogens (primary N) is 1. The molecule has 1 aromatic rings. The molecule has 2 unspecified atom stereocenters. The molecule has 1 aromatic carbocycles. The van der Waals surface area contributed by atoms with Crippen molar-refractivity contribution < 1.29 is 4.79 Å². The lowest BCUT2D eigenvalue weighted by Crippen LogP contribution is -2.40. The van der Waals surface area contributed by atoms with Crippen molar-refractivity contribution in [2.75, 3.05) is 13.1 Å². The summed E-state index contributed by atoms with van der Waals surface area (Å²) in [6.07, 6.45) is 6.21. The van der Waals surface area contributed by atoms with Crippen LogP contribution in [0.25, 0.3) is 0 Å².